The molecule has 0 aliphatic carbocycles. The second-order valence-corrected chi connectivity index (χ2v) is 4.18. The molecule has 148 valence electrons. The summed E-state index contributed by atoms with van der Waals surface area (Å²) in [6.45, 7) is 7.25. The fourth-order valence-corrected chi connectivity index (χ4v) is 1.21. The molecule has 0 heterocycles. The highest BCUT2D eigenvalue weighted by Gasteiger charge is 1.90. The molecule has 0 fully saturated rings. The van der Waals surface area contributed by atoms with Gasteiger partial charge in [0, 0.05) is 13.1 Å². The summed E-state index contributed by atoms with van der Waals surface area (Å²) < 4.78 is 30.2. The van der Waals surface area contributed by atoms with Crippen LogP contribution in [-0.2, 0) is 28.4 Å². The highest BCUT2D eigenvalue weighted by Crippen LogP contribution is 1.80. The first-order chi connectivity index (χ1) is 11.8. The number of ether oxygens (including phenoxy) is 6. The van der Waals surface area contributed by atoms with E-state index in [1.807, 2.05) is 0 Å². The SMILES string of the molecule is NCCOCCOCCN.NCOCCOCCOCCOCN. The van der Waals surface area contributed by atoms with Crippen molar-refractivity contribution in [2.24, 2.45) is 22.9 Å². The van der Waals surface area contributed by atoms with Crippen LogP contribution in [0.3, 0.4) is 0 Å². The second kappa shape index (κ2) is 27.4. The zero-order chi connectivity index (χ0) is 18.1. The molecule has 8 N–H and O–H groups in total. The summed E-state index contributed by atoms with van der Waals surface area (Å²) in [5.41, 5.74) is 20.6. The molecule has 0 atom stereocenters. The van der Waals surface area contributed by atoms with E-state index in [-0.39, 0.29) is 13.5 Å². The van der Waals surface area contributed by atoms with E-state index < -0.39 is 0 Å². The Kier molecular flexibility index (Phi) is 29.5. The van der Waals surface area contributed by atoms with Gasteiger partial charge in [0.2, 0.25) is 0 Å². The van der Waals surface area contributed by atoms with Crippen molar-refractivity contribution >= 4 is 0 Å². The molecule has 0 amide bonds. The molecule has 10 nitrogen and oxygen atoms in total. The Morgan fingerprint density at radius 2 is 0.583 bits per heavy atom. The van der Waals surface area contributed by atoms with Gasteiger partial charge in [0.15, 0.2) is 0 Å². The Balaban J connectivity index is 0. The van der Waals surface area contributed by atoms with Crippen LogP contribution in [0.5, 0.6) is 0 Å². The lowest BCUT2D eigenvalue weighted by molar-refractivity contribution is -0.000474. The predicted molar refractivity (Wildman–Crippen MR) is 91.4 cm³/mol. The van der Waals surface area contributed by atoms with Gasteiger partial charge in [-0.15, -0.1) is 0 Å². The quantitative estimate of drug-likeness (QED) is 0.157. The summed E-state index contributed by atoms with van der Waals surface area (Å²) in [6, 6.07) is 0. The molecular formula is C14H36N4O6. The standard InChI is InChI=1S/C8H20N2O4.C6H16N2O2/c9-7-13-5-3-11-1-2-12-4-6-14-8-10;7-1-3-9-5-6-10-4-2-8/h1-10H2;1-8H2. The molecule has 0 aliphatic rings. The molecule has 0 aromatic carbocycles. The molecule has 0 saturated heterocycles. The van der Waals surface area contributed by atoms with E-state index >= 15 is 0 Å². The fraction of sp³-hybridized carbons (Fsp3) is 1.00. The van der Waals surface area contributed by atoms with Crippen molar-refractivity contribution in [3.63, 3.8) is 0 Å². The molecule has 0 radical (unpaired) electrons. The van der Waals surface area contributed by atoms with E-state index in [1.165, 1.54) is 0 Å². The highest BCUT2D eigenvalue weighted by molar-refractivity contribution is 4.34. The molecule has 0 bridgehead atoms. The maximum atomic E-state index is 5.18. The van der Waals surface area contributed by atoms with Crippen molar-refractivity contribution in [2.75, 3.05) is 92.6 Å². The summed E-state index contributed by atoms with van der Waals surface area (Å²) in [5, 5.41) is 0. The Bertz CT molecular complexity index is 186. The van der Waals surface area contributed by atoms with Gasteiger partial charge < -0.3 is 51.4 Å². The molecule has 0 unspecified atom stereocenters. The Labute approximate surface area is 145 Å². The first-order valence-corrected chi connectivity index (χ1v) is 8.10. The van der Waals surface area contributed by atoms with Crippen LogP contribution in [0.2, 0.25) is 0 Å². The van der Waals surface area contributed by atoms with Crippen LogP contribution < -0.4 is 22.9 Å². The number of hydrogen-bond acceptors (Lipinski definition) is 10. The molecule has 10 heteroatoms. The van der Waals surface area contributed by atoms with Gasteiger partial charge in [-0.1, -0.05) is 0 Å². The molecule has 0 saturated carbocycles. The number of hydrogen-bond donors (Lipinski definition) is 4. The van der Waals surface area contributed by atoms with Crippen LogP contribution in [0.4, 0.5) is 0 Å². The van der Waals surface area contributed by atoms with E-state index in [2.05, 4.69) is 0 Å². The maximum absolute atomic E-state index is 5.18. The van der Waals surface area contributed by atoms with E-state index in [4.69, 9.17) is 51.4 Å². The van der Waals surface area contributed by atoms with Gasteiger partial charge >= 0.3 is 0 Å². The molecule has 0 aromatic rings. The van der Waals surface area contributed by atoms with Crippen LogP contribution in [0, 0.1) is 0 Å². The van der Waals surface area contributed by atoms with E-state index in [9.17, 15) is 0 Å². The van der Waals surface area contributed by atoms with E-state index in [0.29, 0.717) is 79.2 Å². The van der Waals surface area contributed by atoms with Crippen molar-refractivity contribution in [3.8, 4) is 0 Å². The zero-order valence-electron chi connectivity index (χ0n) is 14.7. The minimum absolute atomic E-state index is 0.232. The van der Waals surface area contributed by atoms with Crippen molar-refractivity contribution in [2.45, 2.75) is 0 Å². The first kappa shape index (κ1) is 25.8. The van der Waals surface area contributed by atoms with Gasteiger partial charge in [0.05, 0.1) is 79.5 Å². The van der Waals surface area contributed by atoms with Gasteiger partial charge in [-0.25, -0.2) is 0 Å². The lowest BCUT2D eigenvalue weighted by Crippen LogP contribution is -2.14. The van der Waals surface area contributed by atoms with Crippen LogP contribution in [0.15, 0.2) is 0 Å². The van der Waals surface area contributed by atoms with Gasteiger partial charge in [-0.2, -0.15) is 0 Å². The normalized spacial score (nSPS) is 10.5. The third kappa shape index (κ3) is 29.6. The third-order valence-corrected chi connectivity index (χ3v) is 2.25. The first-order valence-electron chi connectivity index (χ1n) is 8.10. The van der Waals surface area contributed by atoms with E-state index in [1.54, 1.807) is 0 Å². The minimum Gasteiger partial charge on any atom is -0.378 e. The number of nitrogens with two attached hydrogens (primary N) is 4. The minimum atomic E-state index is 0.232. The highest BCUT2D eigenvalue weighted by atomic mass is 16.6. The zero-order valence-corrected chi connectivity index (χ0v) is 14.7. The molecule has 0 spiro atoms. The van der Waals surface area contributed by atoms with Crippen molar-refractivity contribution < 1.29 is 28.4 Å². The van der Waals surface area contributed by atoms with E-state index in [0.717, 1.165) is 0 Å². The topological polar surface area (TPSA) is 159 Å². The Morgan fingerprint density at radius 1 is 0.333 bits per heavy atom. The number of rotatable bonds is 18. The molecule has 0 rings (SSSR count). The summed E-state index contributed by atoms with van der Waals surface area (Å²) >= 11 is 0. The summed E-state index contributed by atoms with van der Waals surface area (Å²) in [4.78, 5) is 0. The molecule has 0 aromatic heterocycles. The Morgan fingerprint density at radius 3 is 0.833 bits per heavy atom. The average Bonchev–Trinajstić information content (AvgIpc) is 2.60. The average molecular weight is 356 g/mol. The van der Waals surface area contributed by atoms with Crippen LogP contribution in [-0.4, -0.2) is 92.6 Å². The summed E-state index contributed by atoms with van der Waals surface area (Å²) in [7, 11) is 0. The Hall–Kier alpha value is -0.400. The van der Waals surface area contributed by atoms with Crippen LogP contribution in [0.25, 0.3) is 0 Å². The second-order valence-electron chi connectivity index (χ2n) is 4.18. The van der Waals surface area contributed by atoms with Crippen LogP contribution in [0.1, 0.15) is 0 Å². The lowest BCUT2D eigenvalue weighted by atomic mass is 10.7. The van der Waals surface area contributed by atoms with Crippen molar-refractivity contribution in [1.82, 2.24) is 0 Å². The van der Waals surface area contributed by atoms with Gasteiger partial charge in [0.25, 0.3) is 0 Å². The fourth-order valence-electron chi connectivity index (χ4n) is 1.21. The smallest absolute Gasteiger partial charge is 0.0941 e. The predicted octanol–water partition coefficient (Wildman–Crippen LogP) is -2.18. The molecule has 24 heavy (non-hydrogen) atoms. The van der Waals surface area contributed by atoms with Gasteiger partial charge in [0.1, 0.15) is 0 Å². The lowest BCUT2D eigenvalue weighted by Gasteiger charge is -2.05. The molecular weight excluding hydrogens is 320 g/mol. The monoisotopic (exact) mass is 356 g/mol. The largest absolute Gasteiger partial charge is 0.378 e. The van der Waals surface area contributed by atoms with Crippen molar-refractivity contribution in [1.29, 1.82) is 0 Å². The molecule has 0 aliphatic heterocycles. The summed E-state index contributed by atoms with van der Waals surface area (Å²) in [6.07, 6.45) is 0. The van der Waals surface area contributed by atoms with Crippen molar-refractivity contribution in [3.05, 3.63) is 0 Å². The maximum Gasteiger partial charge on any atom is 0.0941 e. The third-order valence-electron chi connectivity index (χ3n) is 2.25. The van der Waals surface area contributed by atoms with Gasteiger partial charge in [-0.3, -0.25) is 0 Å². The van der Waals surface area contributed by atoms with Gasteiger partial charge in [-0.05, 0) is 0 Å². The van der Waals surface area contributed by atoms with Crippen LogP contribution >= 0.6 is 0 Å². The summed E-state index contributed by atoms with van der Waals surface area (Å²) in [5.74, 6) is 0.